The van der Waals surface area contributed by atoms with Gasteiger partial charge in [-0.1, -0.05) is 0 Å². The summed E-state index contributed by atoms with van der Waals surface area (Å²) in [5, 5.41) is 0. The first-order chi connectivity index (χ1) is 4.00. The summed E-state index contributed by atoms with van der Waals surface area (Å²) >= 11 is -3.22. The van der Waals surface area contributed by atoms with Crippen molar-refractivity contribution in [2.45, 2.75) is 0 Å². The average Bonchev–Trinajstić information content (AvgIpc) is 1.12. The van der Waals surface area contributed by atoms with Crippen LogP contribution in [0.2, 0.25) is 0 Å². The first-order valence-electron chi connectivity index (χ1n) is 1.50. The Morgan fingerprint density at radius 2 is 1.20 bits per heavy atom. The van der Waals surface area contributed by atoms with Gasteiger partial charge in [-0.15, -0.1) is 0 Å². The van der Waals surface area contributed by atoms with E-state index in [0.717, 1.165) is 0 Å². The fraction of sp³-hybridized carbons (Fsp3) is 1.00. The zero-order valence-corrected chi connectivity index (χ0v) is 11.1. The number of halogens is 4. The van der Waals surface area contributed by atoms with Gasteiger partial charge < -0.3 is 0 Å². The summed E-state index contributed by atoms with van der Waals surface area (Å²) in [6.45, 7) is 0. The molecule has 0 amide bonds. The Hall–Kier alpha value is 1.73. The first-order valence-corrected chi connectivity index (χ1v) is 16.8. The van der Waals surface area contributed by atoms with E-state index < -0.39 is 21.6 Å². The fourth-order valence-corrected chi connectivity index (χ4v) is 0. The van der Waals surface area contributed by atoms with E-state index in [1.165, 1.54) is 0 Å². The summed E-state index contributed by atoms with van der Waals surface area (Å²) in [4.78, 5) is 0. The van der Waals surface area contributed by atoms with Gasteiger partial charge in [0.2, 0.25) is 0 Å². The first kappa shape index (κ1) is 14.3. The molecule has 0 unspecified atom stereocenters. The molecular formula is CH4Cl4O3ReS. The molecule has 1 N–H and O–H groups in total. The normalized spacial score (nSPS) is 13.4. The molecule has 0 heterocycles. The standard InChI is InChI=1S/CH4O3S.4ClH.Re/c1-5(2,3)4;;;;;/h1H3,(H,2,3,4);4*1H;/q;;;;;+4/p-4. The molecule has 0 aromatic heterocycles. The molecule has 0 aromatic rings. The molecule has 67 valence electrons. The van der Waals surface area contributed by atoms with Crippen LogP contribution in [0.5, 0.6) is 0 Å². The summed E-state index contributed by atoms with van der Waals surface area (Å²) < 4.78 is 25.9. The van der Waals surface area contributed by atoms with Gasteiger partial charge in [0.15, 0.2) is 0 Å². The van der Waals surface area contributed by atoms with Crippen molar-refractivity contribution >= 4 is 48.2 Å². The van der Waals surface area contributed by atoms with Crippen LogP contribution in [-0.4, -0.2) is 19.2 Å². The van der Waals surface area contributed by atoms with E-state index in [4.69, 9.17) is 42.7 Å². The van der Waals surface area contributed by atoms with E-state index in [2.05, 4.69) is 0 Å². The van der Waals surface area contributed by atoms with Crippen LogP contribution in [0.1, 0.15) is 0 Å². The predicted octanol–water partition coefficient (Wildman–Crippen LogP) is 2.26. The van der Waals surface area contributed by atoms with Gasteiger partial charge in [0, 0.05) is 0 Å². The Labute approximate surface area is 78.3 Å². The number of hydrogen-bond acceptors (Lipinski definition) is 2. The van der Waals surface area contributed by atoms with E-state index in [9.17, 15) is 8.42 Å². The molecule has 0 saturated carbocycles. The molecule has 0 atom stereocenters. The van der Waals surface area contributed by atoms with Gasteiger partial charge in [0.25, 0.3) is 10.1 Å². The van der Waals surface area contributed by atoms with Crippen LogP contribution >= 0.6 is 38.1 Å². The number of hydrogen-bond donors (Lipinski definition) is 1. The van der Waals surface area contributed by atoms with Crippen LogP contribution in [0, 0.1) is 0 Å². The molecule has 0 aliphatic rings. The van der Waals surface area contributed by atoms with Gasteiger partial charge in [-0.2, -0.15) is 8.42 Å². The van der Waals surface area contributed by atoms with Crippen LogP contribution in [0.4, 0.5) is 0 Å². The van der Waals surface area contributed by atoms with E-state index in [1.54, 1.807) is 0 Å². The molecule has 0 rings (SSSR count). The average molecular weight is 424 g/mol. The van der Waals surface area contributed by atoms with Gasteiger partial charge in [-0.3, -0.25) is 4.55 Å². The van der Waals surface area contributed by atoms with Crippen molar-refractivity contribution in [3.8, 4) is 0 Å². The quantitative estimate of drug-likeness (QED) is 0.608. The molecule has 3 nitrogen and oxygen atoms in total. The van der Waals surface area contributed by atoms with E-state index in [1.807, 2.05) is 0 Å². The summed E-state index contributed by atoms with van der Waals surface area (Å²) in [6.07, 6.45) is 0.715. The zero-order chi connectivity index (χ0) is 9.00. The third-order valence-electron chi connectivity index (χ3n) is 0. The van der Waals surface area contributed by atoms with Crippen molar-refractivity contribution in [2.24, 2.45) is 0 Å². The molecule has 0 bridgehead atoms. The second-order valence-electron chi connectivity index (χ2n) is 1.06. The van der Waals surface area contributed by atoms with Gasteiger partial charge in [0.1, 0.15) is 0 Å². The number of rotatable bonds is 0. The Kier molecular flexibility index (Phi) is 7.69. The van der Waals surface area contributed by atoms with E-state index >= 15 is 0 Å². The minimum absolute atomic E-state index is 0.715. The molecule has 10 heavy (non-hydrogen) atoms. The SMILES string of the molecule is CS(=O)(=O)O.[Cl][Re]([Cl])([Cl])[Cl]. The molecule has 0 spiro atoms. The minimum atomic E-state index is -3.67. The predicted molar refractivity (Wildman–Crippen MR) is 40.9 cm³/mol. The molecule has 0 radical (unpaired) electrons. The second kappa shape index (κ2) is 5.39. The summed E-state index contributed by atoms with van der Waals surface area (Å²) in [5.41, 5.74) is 0. The molecular weight excluding hydrogens is 420 g/mol. The van der Waals surface area contributed by atoms with Crippen molar-refractivity contribution in [3.05, 3.63) is 0 Å². The Balaban J connectivity index is 0. The van der Waals surface area contributed by atoms with Crippen LogP contribution in [-0.2, 0) is 21.6 Å². The Bertz CT molecular complexity index is 155. The maximum absolute atomic E-state index is 9.19. The Morgan fingerprint density at radius 3 is 1.20 bits per heavy atom. The van der Waals surface area contributed by atoms with Crippen molar-refractivity contribution in [2.75, 3.05) is 6.26 Å². The maximum atomic E-state index is 9.19. The molecule has 0 fully saturated rings. The third-order valence-corrected chi connectivity index (χ3v) is 0. The Morgan fingerprint density at radius 1 is 1.20 bits per heavy atom. The van der Waals surface area contributed by atoms with Crippen molar-refractivity contribution in [3.63, 3.8) is 0 Å². The van der Waals surface area contributed by atoms with Gasteiger partial charge in [-0.25, -0.2) is 0 Å². The van der Waals surface area contributed by atoms with E-state index in [-0.39, 0.29) is 0 Å². The van der Waals surface area contributed by atoms with Crippen molar-refractivity contribution in [1.29, 1.82) is 0 Å². The monoisotopic (exact) mass is 423 g/mol. The van der Waals surface area contributed by atoms with Gasteiger partial charge in [-0.05, 0) is 0 Å². The van der Waals surface area contributed by atoms with Gasteiger partial charge >= 0.3 is 49.6 Å². The van der Waals surface area contributed by atoms with Crippen molar-refractivity contribution < 1.29 is 24.4 Å². The third kappa shape index (κ3) is 247. The van der Waals surface area contributed by atoms with Crippen LogP contribution in [0.3, 0.4) is 0 Å². The van der Waals surface area contributed by atoms with Crippen molar-refractivity contribution in [1.82, 2.24) is 0 Å². The van der Waals surface area contributed by atoms with Crippen LogP contribution in [0.25, 0.3) is 0 Å². The van der Waals surface area contributed by atoms with Gasteiger partial charge in [0.05, 0.1) is 6.26 Å². The zero-order valence-electron chi connectivity index (χ0n) is 4.56. The topological polar surface area (TPSA) is 54.4 Å². The summed E-state index contributed by atoms with van der Waals surface area (Å²) in [6, 6.07) is 0. The molecule has 0 aliphatic carbocycles. The molecule has 0 aliphatic heterocycles. The summed E-state index contributed by atoms with van der Waals surface area (Å²) in [5.74, 6) is 0. The molecule has 0 aromatic carbocycles. The molecule has 0 saturated heterocycles. The van der Waals surface area contributed by atoms with E-state index in [0.29, 0.717) is 6.26 Å². The van der Waals surface area contributed by atoms with Crippen LogP contribution < -0.4 is 0 Å². The van der Waals surface area contributed by atoms with Crippen LogP contribution in [0.15, 0.2) is 0 Å². The second-order valence-corrected chi connectivity index (χ2v) is 26.1. The fourth-order valence-electron chi connectivity index (χ4n) is 0. The summed E-state index contributed by atoms with van der Waals surface area (Å²) in [7, 11) is 16.4. The molecule has 9 heteroatoms.